The van der Waals surface area contributed by atoms with Crippen molar-refractivity contribution in [2.45, 2.75) is 40.5 Å². The van der Waals surface area contributed by atoms with E-state index in [0.717, 1.165) is 12.8 Å². The molecule has 132 valence electrons. The van der Waals surface area contributed by atoms with E-state index in [0.29, 0.717) is 0 Å². The lowest BCUT2D eigenvalue weighted by Crippen LogP contribution is -1.92. The molecular formula is C26H28. The van der Waals surface area contributed by atoms with E-state index in [1.54, 1.807) is 0 Å². The molecule has 0 heterocycles. The number of fused-ring (bicyclic) bond motifs is 2. The van der Waals surface area contributed by atoms with Crippen LogP contribution in [-0.2, 0) is 12.8 Å². The molecule has 0 N–H and O–H groups in total. The van der Waals surface area contributed by atoms with Crippen molar-refractivity contribution in [2.24, 2.45) is 0 Å². The summed E-state index contributed by atoms with van der Waals surface area (Å²) in [7, 11) is 0. The van der Waals surface area contributed by atoms with Crippen molar-refractivity contribution in [3.8, 4) is 0 Å². The molecule has 0 aliphatic heterocycles. The summed E-state index contributed by atoms with van der Waals surface area (Å²) < 4.78 is 0. The van der Waals surface area contributed by atoms with Gasteiger partial charge >= 0.3 is 0 Å². The molecular weight excluding hydrogens is 312 g/mol. The largest absolute Gasteiger partial charge is 0.0616 e. The third kappa shape index (κ3) is 3.80. The van der Waals surface area contributed by atoms with Crippen molar-refractivity contribution in [1.82, 2.24) is 0 Å². The van der Waals surface area contributed by atoms with Crippen LogP contribution < -0.4 is 0 Å². The fraction of sp³-hybridized carbons (Fsp3) is 0.231. The summed E-state index contributed by atoms with van der Waals surface area (Å²) in [4.78, 5) is 0. The molecule has 0 nitrogen and oxygen atoms in total. The monoisotopic (exact) mass is 340 g/mol. The second kappa shape index (κ2) is 8.19. The van der Waals surface area contributed by atoms with Crippen LogP contribution in [0.5, 0.6) is 0 Å². The summed E-state index contributed by atoms with van der Waals surface area (Å²) in [6, 6.07) is 26.1. The van der Waals surface area contributed by atoms with Crippen molar-refractivity contribution in [3.63, 3.8) is 0 Å². The summed E-state index contributed by atoms with van der Waals surface area (Å²) >= 11 is 0. The SMILES string of the molecule is CCc1ccc2ccccc2c1CC.Cc1cc2ccccc2cc1C. The Balaban J connectivity index is 0.000000152. The number of aryl methyl sites for hydroxylation is 4. The number of rotatable bonds is 2. The van der Waals surface area contributed by atoms with Gasteiger partial charge in [0.05, 0.1) is 0 Å². The lowest BCUT2D eigenvalue weighted by atomic mass is 9.96. The van der Waals surface area contributed by atoms with E-state index < -0.39 is 0 Å². The van der Waals surface area contributed by atoms with Gasteiger partial charge in [-0.15, -0.1) is 0 Å². The Kier molecular flexibility index (Phi) is 5.73. The first-order chi connectivity index (χ1) is 12.6. The molecule has 26 heavy (non-hydrogen) atoms. The molecule has 0 aromatic heterocycles. The van der Waals surface area contributed by atoms with Crippen molar-refractivity contribution < 1.29 is 0 Å². The highest BCUT2D eigenvalue weighted by Crippen LogP contribution is 2.23. The molecule has 0 saturated carbocycles. The van der Waals surface area contributed by atoms with Crippen LogP contribution in [0.15, 0.2) is 72.8 Å². The van der Waals surface area contributed by atoms with Gasteiger partial charge < -0.3 is 0 Å². The van der Waals surface area contributed by atoms with E-state index in [1.165, 1.54) is 43.8 Å². The maximum atomic E-state index is 2.27. The fourth-order valence-corrected chi connectivity index (χ4v) is 3.60. The summed E-state index contributed by atoms with van der Waals surface area (Å²) in [5.74, 6) is 0. The van der Waals surface area contributed by atoms with Crippen molar-refractivity contribution >= 4 is 21.5 Å². The van der Waals surface area contributed by atoms with E-state index in [9.17, 15) is 0 Å². The molecule has 0 atom stereocenters. The Labute approximate surface area is 157 Å². The minimum atomic E-state index is 1.13. The Hall–Kier alpha value is -2.60. The van der Waals surface area contributed by atoms with Gasteiger partial charge in [0.25, 0.3) is 0 Å². The smallest absolute Gasteiger partial charge is 0.0149 e. The molecule has 0 fully saturated rings. The quantitative estimate of drug-likeness (QED) is 0.356. The molecule has 0 spiro atoms. The van der Waals surface area contributed by atoms with Gasteiger partial charge in [0.1, 0.15) is 0 Å². The van der Waals surface area contributed by atoms with Crippen LogP contribution in [0.3, 0.4) is 0 Å². The minimum absolute atomic E-state index is 1.13. The molecule has 4 aromatic carbocycles. The molecule has 4 rings (SSSR count). The summed E-state index contributed by atoms with van der Waals surface area (Å²) in [6.07, 6.45) is 2.26. The van der Waals surface area contributed by atoms with E-state index in [-0.39, 0.29) is 0 Å². The van der Waals surface area contributed by atoms with E-state index in [4.69, 9.17) is 0 Å². The van der Waals surface area contributed by atoms with E-state index >= 15 is 0 Å². The summed E-state index contributed by atoms with van der Waals surface area (Å²) in [5.41, 5.74) is 5.75. The van der Waals surface area contributed by atoms with Crippen molar-refractivity contribution in [3.05, 3.63) is 95.1 Å². The van der Waals surface area contributed by atoms with E-state index in [1.807, 2.05) is 0 Å². The number of hydrogen-bond donors (Lipinski definition) is 0. The van der Waals surface area contributed by atoms with Crippen molar-refractivity contribution in [1.29, 1.82) is 0 Å². The van der Waals surface area contributed by atoms with Crippen LogP contribution in [0.2, 0.25) is 0 Å². The predicted molar refractivity (Wildman–Crippen MR) is 116 cm³/mol. The first-order valence-corrected chi connectivity index (χ1v) is 9.59. The maximum Gasteiger partial charge on any atom is -0.0149 e. The molecule has 0 heteroatoms. The van der Waals surface area contributed by atoms with Gasteiger partial charge in [-0.25, -0.2) is 0 Å². The van der Waals surface area contributed by atoms with Crippen LogP contribution in [0.4, 0.5) is 0 Å². The molecule has 0 bridgehead atoms. The number of benzene rings is 4. The second-order valence-corrected chi connectivity index (χ2v) is 6.92. The first kappa shape index (κ1) is 18.2. The highest BCUT2D eigenvalue weighted by atomic mass is 14.1. The highest BCUT2D eigenvalue weighted by molar-refractivity contribution is 5.87. The second-order valence-electron chi connectivity index (χ2n) is 6.92. The zero-order valence-corrected chi connectivity index (χ0v) is 16.3. The molecule has 4 aromatic rings. The van der Waals surface area contributed by atoms with Gasteiger partial charge in [0.2, 0.25) is 0 Å². The first-order valence-electron chi connectivity index (χ1n) is 9.59. The average Bonchev–Trinajstić information content (AvgIpc) is 2.68. The minimum Gasteiger partial charge on any atom is -0.0616 e. The van der Waals surface area contributed by atoms with Gasteiger partial charge in [0, 0.05) is 0 Å². The number of hydrogen-bond acceptors (Lipinski definition) is 0. The summed E-state index contributed by atoms with van der Waals surface area (Å²) in [6.45, 7) is 8.77. The topological polar surface area (TPSA) is 0 Å². The van der Waals surface area contributed by atoms with Crippen LogP contribution in [-0.4, -0.2) is 0 Å². The lowest BCUT2D eigenvalue weighted by Gasteiger charge is -2.09. The van der Waals surface area contributed by atoms with Gasteiger partial charge in [0.15, 0.2) is 0 Å². The molecule has 0 unspecified atom stereocenters. The lowest BCUT2D eigenvalue weighted by molar-refractivity contribution is 1.05. The fourth-order valence-electron chi connectivity index (χ4n) is 3.60. The van der Waals surface area contributed by atoms with E-state index in [2.05, 4.69) is 100 Å². The Bertz CT molecular complexity index is 984. The van der Waals surface area contributed by atoms with Crippen LogP contribution >= 0.6 is 0 Å². The third-order valence-corrected chi connectivity index (χ3v) is 5.23. The van der Waals surface area contributed by atoms with Crippen LogP contribution in [0, 0.1) is 13.8 Å². The highest BCUT2D eigenvalue weighted by Gasteiger charge is 2.03. The zero-order valence-electron chi connectivity index (χ0n) is 16.3. The van der Waals surface area contributed by atoms with Crippen LogP contribution in [0.25, 0.3) is 21.5 Å². The van der Waals surface area contributed by atoms with Crippen LogP contribution in [0.1, 0.15) is 36.1 Å². The normalized spacial score (nSPS) is 10.6. The standard InChI is InChI=1S/C14H16.C12H12/c1-3-11-9-10-12-7-5-6-8-14(12)13(11)4-2;1-9-7-11-5-3-4-6-12(11)8-10(9)2/h5-10H,3-4H2,1-2H3;3-8H,1-2H3. The molecule has 0 radical (unpaired) electrons. The van der Waals surface area contributed by atoms with Crippen molar-refractivity contribution in [2.75, 3.05) is 0 Å². The molecule has 0 aliphatic carbocycles. The summed E-state index contributed by atoms with van der Waals surface area (Å²) in [5, 5.41) is 5.46. The maximum absolute atomic E-state index is 2.27. The van der Waals surface area contributed by atoms with Gasteiger partial charge in [-0.2, -0.15) is 0 Å². The van der Waals surface area contributed by atoms with Gasteiger partial charge in [-0.3, -0.25) is 0 Å². The Morgan fingerprint density at radius 2 is 1.12 bits per heavy atom. The predicted octanol–water partition coefficient (Wildman–Crippen LogP) is 7.42. The Morgan fingerprint density at radius 1 is 0.577 bits per heavy atom. The molecule has 0 aliphatic rings. The Morgan fingerprint density at radius 3 is 1.65 bits per heavy atom. The molecule has 0 saturated heterocycles. The molecule has 0 amide bonds. The zero-order chi connectivity index (χ0) is 18.5. The average molecular weight is 341 g/mol. The third-order valence-electron chi connectivity index (χ3n) is 5.23. The van der Waals surface area contributed by atoms with Gasteiger partial charge in [-0.1, -0.05) is 86.6 Å². The van der Waals surface area contributed by atoms with Gasteiger partial charge in [-0.05, 0) is 70.5 Å².